The van der Waals surface area contributed by atoms with E-state index in [-0.39, 0.29) is 5.91 Å². The second kappa shape index (κ2) is 12.8. The predicted molar refractivity (Wildman–Crippen MR) is 141 cm³/mol. The van der Waals surface area contributed by atoms with Gasteiger partial charge in [-0.25, -0.2) is 4.98 Å². The van der Waals surface area contributed by atoms with Crippen LogP contribution in [0.2, 0.25) is 0 Å². The molecule has 8 heteroatoms. The van der Waals surface area contributed by atoms with E-state index in [2.05, 4.69) is 12.2 Å². The van der Waals surface area contributed by atoms with Gasteiger partial charge in [0.2, 0.25) is 0 Å². The smallest absolute Gasteiger partial charge is 0.261 e. The van der Waals surface area contributed by atoms with Crippen LogP contribution in [0.1, 0.15) is 43.0 Å². The van der Waals surface area contributed by atoms with Crippen LogP contribution in [0.3, 0.4) is 0 Å². The van der Waals surface area contributed by atoms with Gasteiger partial charge >= 0.3 is 0 Å². The highest BCUT2D eigenvalue weighted by Crippen LogP contribution is 2.26. The van der Waals surface area contributed by atoms with Crippen molar-refractivity contribution in [3.8, 4) is 11.3 Å². The first-order chi connectivity index (χ1) is 16.8. The fraction of sp³-hybridized carbons (Fsp3) is 0.407. The molecule has 1 aliphatic rings. The zero-order valence-corrected chi connectivity index (χ0v) is 21.3. The van der Waals surface area contributed by atoms with Crippen LogP contribution in [0.25, 0.3) is 22.2 Å². The van der Waals surface area contributed by atoms with Crippen LogP contribution in [-0.4, -0.2) is 61.2 Å². The van der Waals surface area contributed by atoms with Gasteiger partial charge in [-0.1, -0.05) is 48.5 Å². The highest BCUT2D eigenvalue weighted by molar-refractivity contribution is 7.85. The molecule has 1 aromatic heterocycles. The van der Waals surface area contributed by atoms with Crippen molar-refractivity contribution in [2.45, 2.75) is 32.6 Å². The van der Waals surface area contributed by atoms with E-state index in [9.17, 15) is 13.2 Å². The van der Waals surface area contributed by atoms with Crippen molar-refractivity contribution < 1.29 is 17.8 Å². The molecule has 188 valence electrons. The van der Waals surface area contributed by atoms with Crippen LogP contribution in [0, 0.1) is 5.92 Å². The van der Waals surface area contributed by atoms with E-state index in [0.29, 0.717) is 6.26 Å². The standard InChI is InChI=1S/C26H31N3O.CH4O3S/c1-2-29(18-8-9-20-14-16-27-17-15-20)26(30)23-19-25(21-10-4-3-5-11-21)28-24-13-7-6-12-22(23)24;1-5(2,3)4/h3-7,10-13,19-20,27H,2,8-9,14-18H2,1H3;1H3,(H,2,3,4). The van der Waals surface area contributed by atoms with E-state index in [4.69, 9.17) is 9.54 Å². The minimum atomic E-state index is -3.67. The van der Waals surface area contributed by atoms with E-state index in [1.54, 1.807) is 0 Å². The van der Waals surface area contributed by atoms with Crippen LogP contribution in [0.15, 0.2) is 60.7 Å². The summed E-state index contributed by atoms with van der Waals surface area (Å²) in [5, 5.41) is 4.36. The van der Waals surface area contributed by atoms with Gasteiger partial charge in [0.05, 0.1) is 23.0 Å². The molecule has 1 amide bonds. The van der Waals surface area contributed by atoms with Gasteiger partial charge in [0.25, 0.3) is 16.0 Å². The number of fused-ring (bicyclic) bond motifs is 1. The average Bonchev–Trinajstić information content (AvgIpc) is 2.86. The number of hydrogen-bond acceptors (Lipinski definition) is 5. The van der Waals surface area contributed by atoms with Gasteiger partial charge in [-0.3, -0.25) is 9.35 Å². The van der Waals surface area contributed by atoms with Crippen molar-refractivity contribution in [3.63, 3.8) is 0 Å². The molecular weight excluding hydrogens is 462 g/mol. The molecule has 0 bridgehead atoms. The molecule has 7 nitrogen and oxygen atoms in total. The van der Waals surface area contributed by atoms with E-state index in [1.165, 1.54) is 19.3 Å². The zero-order chi connectivity index (χ0) is 25.3. The fourth-order valence-electron chi connectivity index (χ4n) is 4.42. The first-order valence-electron chi connectivity index (χ1n) is 12.1. The number of aromatic nitrogens is 1. The maximum absolute atomic E-state index is 13.5. The lowest BCUT2D eigenvalue weighted by molar-refractivity contribution is 0.0760. The Kier molecular flexibility index (Phi) is 9.77. The number of amides is 1. The minimum absolute atomic E-state index is 0.110. The number of rotatable bonds is 7. The molecule has 1 aliphatic heterocycles. The van der Waals surface area contributed by atoms with Crippen molar-refractivity contribution >= 4 is 26.9 Å². The summed E-state index contributed by atoms with van der Waals surface area (Å²) in [6, 6.07) is 20.0. The largest absolute Gasteiger partial charge is 0.339 e. The number of nitrogens with zero attached hydrogens (tertiary/aromatic N) is 2. The Morgan fingerprint density at radius 3 is 2.37 bits per heavy atom. The molecule has 0 aliphatic carbocycles. The average molecular weight is 498 g/mol. The molecule has 1 fully saturated rings. The van der Waals surface area contributed by atoms with Gasteiger partial charge in [-0.2, -0.15) is 8.42 Å². The van der Waals surface area contributed by atoms with Crippen LogP contribution in [0.5, 0.6) is 0 Å². The van der Waals surface area contributed by atoms with Gasteiger partial charge in [0, 0.05) is 24.0 Å². The molecule has 2 aromatic carbocycles. The minimum Gasteiger partial charge on any atom is -0.339 e. The third-order valence-corrected chi connectivity index (χ3v) is 6.18. The van der Waals surface area contributed by atoms with Crippen molar-refractivity contribution in [3.05, 3.63) is 66.2 Å². The van der Waals surface area contributed by atoms with Crippen molar-refractivity contribution in [1.82, 2.24) is 15.2 Å². The number of carbonyl (C=O) groups excluding carboxylic acids is 1. The Morgan fingerprint density at radius 1 is 1.09 bits per heavy atom. The summed E-state index contributed by atoms with van der Waals surface area (Å²) >= 11 is 0. The Morgan fingerprint density at radius 2 is 1.71 bits per heavy atom. The van der Waals surface area contributed by atoms with E-state index < -0.39 is 10.1 Å². The second-order valence-electron chi connectivity index (χ2n) is 8.89. The zero-order valence-electron chi connectivity index (χ0n) is 20.5. The molecule has 35 heavy (non-hydrogen) atoms. The van der Waals surface area contributed by atoms with Gasteiger partial charge in [-0.15, -0.1) is 0 Å². The molecule has 0 saturated carbocycles. The normalized spacial score (nSPS) is 14.3. The molecule has 0 radical (unpaired) electrons. The highest BCUT2D eigenvalue weighted by Gasteiger charge is 2.20. The Hall–Kier alpha value is -2.81. The predicted octanol–water partition coefficient (Wildman–Crippen LogP) is 4.65. The van der Waals surface area contributed by atoms with E-state index in [1.807, 2.05) is 65.6 Å². The van der Waals surface area contributed by atoms with Gasteiger partial charge in [-0.05, 0) is 63.7 Å². The molecule has 0 spiro atoms. The van der Waals surface area contributed by atoms with E-state index >= 15 is 0 Å². The van der Waals surface area contributed by atoms with Gasteiger partial charge in [0.1, 0.15) is 0 Å². The number of benzene rings is 2. The fourth-order valence-corrected chi connectivity index (χ4v) is 4.42. The molecule has 1 saturated heterocycles. The molecular formula is C27H35N3O4S. The lowest BCUT2D eigenvalue weighted by Crippen LogP contribution is -2.33. The van der Waals surface area contributed by atoms with Crippen molar-refractivity contribution in [1.29, 1.82) is 0 Å². The SMILES string of the molecule is CCN(CCCC1CCNCC1)C(=O)c1cc(-c2ccccc2)nc2ccccc12.CS(=O)(=O)O. The number of para-hydroxylation sites is 1. The summed E-state index contributed by atoms with van der Waals surface area (Å²) in [5.74, 6) is 0.907. The summed E-state index contributed by atoms with van der Waals surface area (Å²) in [5.41, 5.74) is 3.51. The highest BCUT2D eigenvalue weighted by atomic mass is 32.2. The Labute approximate surface area is 208 Å². The lowest BCUT2D eigenvalue weighted by atomic mass is 9.93. The number of carbonyl (C=O) groups is 1. The Balaban J connectivity index is 0.000000623. The van der Waals surface area contributed by atoms with Crippen molar-refractivity contribution in [2.24, 2.45) is 5.92 Å². The number of piperidine rings is 1. The summed E-state index contributed by atoms with van der Waals surface area (Å²) in [4.78, 5) is 20.4. The first-order valence-corrected chi connectivity index (χ1v) is 14.0. The van der Waals surface area contributed by atoms with Crippen LogP contribution < -0.4 is 5.32 Å². The topological polar surface area (TPSA) is 99.6 Å². The van der Waals surface area contributed by atoms with Crippen LogP contribution >= 0.6 is 0 Å². The molecule has 0 unspecified atom stereocenters. The summed E-state index contributed by atoms with van der Waals surface area (Å²) in [6.07, 6.45) is 5.51. The van der Waals surface area contributed by atoms with Gasteiger partial charge < -0.3 is 10.2 Å². The van der Waals surface area contributed by atoms with Crippen molar-refractivity contribution in [2.75, 3.05) is 32.4 Å². The quantitative estimate of drug-likeness (QED) is 0.461. The third kappa shape index (κ3) is 8.42. The van der Waals surface area contributed by atoms with E-state index in [0.717, 1.165) is 66.2 Å². The summed E-state index contributed by atoms with van der Waals surface area (Å²) in [6.45, 7) is 5.88. The van der Waals surface area contributed by atoms with Crippen LogP contribution in [0.4, 0.5) is 0 Å². The number of nitrogens with one attached hydrogen (secondary N) is 1. The third-order valence-electron chi connectivity index (χ3n) is 6.18. The molecule has 0 atom stereocenters. The summed E-state index contributed by atoms with van der Waals surface area (Å²) in [7, 11) is -3.67. The molecule has 2 N–H and O–H groups in total. The molecule has 2 heterocycles. The number of pyridine rings is 1. The monoisotopic (exact) mass is 497 g/mol. The molecule has 4 rings (SSSR count). The van der Waals surface area contributed by atoms with Gasteiger partial charge in [0.15, 0.2) is 0 Å². The number of hydrogen-bond donors (Lipinski definition) is 2. The maximum atomic E-state index is 13.5. The second-order valence-corrected chi connectivity index (χ2v) is 10.4. The summed E-state index contributed by atoms with van der Waals surface area (Å²) < 4.78 is 25.9. The molecule has 3 aromatic rings. The Bertz CT molecular complexity index is 1200. The van der Waals surface area contributed by atoms with Crippen LogP contribution in [-0.2, 0) is 10.1 Å². The first kappa shape index (κ1) is 26.8. The lowest BCUT2D eigenvalue weighted by Gasteiger charge is -2.25. The maximum Gasteiger partial charge on any atom is 0.261 e.